The number of hydrogen-bond donors (Lipinski definition) is 0. The molecule has 2 aromatic heterocycles. The number of nitrogens with zero attached hydrogens (tertiary/aromatic N) is 4. The van der Waals surface area contributed by atoms with Crippen molar-refractivity contribution in [3.8, 4) is 39.9 Å². The van der Waals surface area contributed by atoms with E-state index in [4.69, 9.17) is 15.0 Å². The van der Waals surface area contributed by atoms with Gasteiger partial charge < -0.3 is 0 Å². The maximum absolute atomic E-state index is 5.40. The van der Waals surface area contributed by atoms with Gasteiger partial charge in [0.05, 0.1) is 11.0 Å². The summed E-state index contributed by atoms with van der Waals surface area (Å²) < 4.78 is 2.26. The second kappa shape index (κ2) is 10.7. The zero-order chi connectivity index (χ0) is 34.6. The van der Waals surface area contributed by atoms with Gasteiger partial charge in [-0.15, -0.1) is 0 Å². The summed E-state index contributed by atoms with van der Waals surface area (Å²) in [5.41, 5.74) is 9.20. The van der Waals surface area contributed by atoms with Crippen LogP contribution in [-0.4, -0.2) is 19.5 Å². The minimum atomic E-state index is -0.133. The van der Waals surface area contributed by atoms with E-state index in [-0.39, 0.29) is 5.41 Å². The van der Waals surface area contributed by atoms with E-state index in [2.05, 4.69) is 158 Å². The summed E-state index contributed by atoms with van der Waals surface area (Å²) in [4.78, 5) is 15.9. The van der Waals surface area contributed by atoms with E-state index in [1.54, 1.807) is 0 Å². The van der Waals surface area contributed by atoms with Gasteiger partial charge in [0.15, 0.2) is 11.6 Å². The van der Waals surface area contributed by atoms with Crippen LogP contribution in [0.1, 0.15) is 25.0 Å². The van der Waals surface area contributed by atoms with Crippen LogP contribution in [0.5, 0.6) is 0 Å². The molecule has 0 atom stereocenters. The molecule has 0 saturated carbocycles. The Hall–Kier alpha value is -6.65. The van der Waals surface area contributed by atoms with Gasteiger partial charge in [-0.1, -0.05) is 153 Å². The molecule has 1 aliphatic carbocycles. The molecule has 0 radical (unpaired) electrons. The van der Waals surface area contributed by atoms with Gasteiger partial charge in [0.2, 0.25) is 5.95 Å². The Morgan fingerprint density at radius 2 is 1.10 bits per heavy atom. The highest BCUT2D eigenvalue weighted by molar-refractivity contribution is 6.24. The number of rotatable bonds is 3. The maximum atomic E-state index is 5.40. The van der Waals surface area contributed by atoms with Crippen LogP contribution in [0.3, 0.4) is 0 Å². The van der Waals surface area contributed by atoms with Gasteiger partial charge in [-0.05, 0) is 67.2 Å². The first-order valence-electron chi connectivity index (χ1n) is 17.9. The fourth-order valence-electron chi connectivity index (χ4n) is 8.84. The molecule has 4 heteroatoms. The molecule has 0 spiro atoms. The van der Waals surface area contributed by atoms with Crippen molar-refractivity contribution in [2.75, 3.05) is 0 Å². The topological polar surface area (TPSA) is 43.6 Å². The zero-order valence-corrected chi connectivity index (χ0v) is 28.8. The van der Waals surface area contributed by atoms with Crippen LogP contribution < -0.4 is 0 Å². The predicted molar refractivity (Wildman–Crippen MR) is 215 cm³/mol. The molecule has 0 amide bonds. The fraction of sp³-hybridized carbons (Fsp3) is 0.0625. The molecule has 52 heavy (non-hydrogen) atoms. The molecule has 8 aromatic carbocycles. The Kier molecular flexibility index (Phi) is 5.98. The highest BCUT2D eigenvalue weighted by Crippen LogP contribution is 2.52. The summed E-state index contributed by atoms with van der Waals surface area (Å²) >= 11 is 0. The first-order valence-corrected chi connectivity index (χ1v) is 17.9. The van der Waals surface area contributed by atoms with Crippen molar-refractivity contribution in [2.45, 2.75) is 19.3 Å². The van der Waals surface area contributed by atoms with E-state index < -0.39 is 0 Å². The van der Waals surface area contributed by atoms with Gasteiger partial charge in [-0.2, -0.15) is 9.97 Å². The van der Waals surface area contributed by atoms with Crippen molar-refractivity contribution in [3.05, 3.63) is 169 Å². The van der Waals surface area contributed by atoms with E-state index in [1.807, 2.05) is 18.2 Å². The standard InChI is InChI=1S/C48H32N4/c1-48(2)38-24-12-10-22-35(38)44-42-31(18-14-25-39(42)48)28-41-43(44)36-23-11-13-26-40(36)52(41)47-50-45(29-15-4-3-5-16-29)49-46(51-47)37-27-30-17-6-7-19-32(30)33-20-8-9-21-34(33)37/h3-28H,1-2H3. The number of hydrogen-bond acceptors (Lipinski definition) is 3. The van der Waals surface area contributed by atoms with Crippen molar-refractivity contribution < 1.29 is 0 Å². The van der Waals surface area contributed by atoms with Crippen LogP contribution in [0.4, 0.5) is 0 Å². The lowest BCUT2D eigenvalue weighted by Crippen LogP contribution is -2.23. The largest absolute Gasteiger partial charge is 0.278 e. The molecule has 244 valence electrons. The lowest BCUT2D eigenvalue weighted by atomic mass is 9.68. The van der Waals surface area contributed by atoms with Crippen LogP contribution in [0.15, 0.2) is 158 Å². The molecule has 0 unspecified atom stereocenters. The van der Waals surface area contributed by atoms with Gasteiger partial charge in [0, 0.05) is 32.9 Å². The molecule has 10 aromatic rings. The van der Waals surface area contributed by atoms with Gasteiger partial charge in [-0.3, -0.25) is 4.57 Å². The highest BCUT2D eigenvalue weighted by atomic mass is 15.2. The number of fused-ring (bicyclic) bond motifs is 9. The molecule has 0 N–H and O–H groups in total. The van der Waals surface area contributed by atoms with E-state index in [9.17, 15) is 0 Å². The number of para-hydroxylation sites is 1. The zero-order valence-electron chi connectivity index (χ0n) is 28.8. The first-order chi connectivity index (χ1) is 25.6. The normalized spacial score (nSPS) is 13.3. The smallest absolute Gasteiger partial charge is 0.238 e. The Labute approximate surface area is 300 Å². The highest BCUT2D eigenvalue weighted by Gasteiger charge is 2.35. The third kappa shape index (κ3) is 4.00. The number of aromatic nitrogens is 4. The first kappa shape index (κ1) is 29.1. The molecule has 1 aliphatic rings. The summed E-state index contributed by atoms with van der Waals surface area (Å²) in [5, 5.41) is 9.59. The Morgan fingerprint density at radius 1 is 0.442 bits per heavy atom. The van der Waals surface area contributed by atoms with Crippen LogP contribution in [-0.2, 0) is 5.41 Å². The van der Waals surface area contributed by atoms with E-state index >= 15 is 0 Å². The lowest BCUT2D eigenvalue weighted by Gasteiger charge is -2.35. The van der Waals surface area contributed by atoms with Crippen LogP contribution >= 0.6 is 0 Å². The average Bonchev–Trinajstić information content (AvgIpc) is 3.53. The molecule has 0 saturated heterocycles. The van der Waals surface area contributed by atoms with Crippen molar-refractivity contribution in [3.63, 3.8) is 0 Å². The van der Waals surface area contributed by atoms with E-state index in [0.29, 0.717) is 17.6 Å². The van der Waals surface area contributed by atoms with Crippen molar-refractivity contribution >= 4 is 54.1 Å². The monoisotopic (exact) mass is 664 g/mol. The summed E-state index contributed by atoms with van der Waals surface area (Å²) in [7, 11) is 0. The minimum Gasteiger partial charge on any atom is -0.278 e. The van der Waals surface area contributed by atoms with Gasteiger partial charge in [0.1, 0.15) is 0 Å². The minimum absolute atomic E-state index is 0.133. The fourth-order valence-corrected chi connectivity index (χ4v) is 8.84. The molecular formula is C48H32N4. The summed E-state index contributed by atoms with van der Waals surface area (Å²) in [6.07, 6.45) is 0. The number of benzene rings is 8. The summed E-state index contributed by atoms with van der Waals surface area (Å²) in [6, 6.07) is 56.4. The van der Waals surface area contributed by atoms with Crippen molar-refractivity contribution in [1.29, 1.82) is 0 Å². The maximum Gasteiger partial charge on any atom is 0.238 e. The van der Waals surface area contributed by atoms with Gasteiger partial charge >= 0.3 is 0 Å². The molecular weight excluding hydrogens is 633 g/mol. The SMILES string of the molecule is CC1(C)c2ccccc2-c2c3c1cccc3cc1c2c2ccccc2n1-c1nc(-c2ccccc2)nc(-c2cc3ccccc3c3ccccc23)n1. The Balaban J connectivity index is 1.29. The van der Waals surface area contributed by atoms with Gasteiger partial charge in [0.25, 0.3) is 0 Å². The van der Waals surface area contributed by atoms with E-state index in [0.717, 1.165) is 32.9 Å². The average molecular weight is 665 g/mol. The quantitative estimate of drug-likeness (QED) is 0.177. The third-order valence-corrected chi connectivity index (χ3v) is 11.2. The second-order valence-electron chi connectivity index (χ2n) is 14.4. The van der Waals surface area contributed by atoms with Crippen LogP contribution in [0.2, 0.25) is 0 Å². The van der Waals surface area contributed by atoms with Gasteiger partial charge in [-0.25, -0.2) is 4.98 Å². The molecule has 2 heterocycles. The second-order valence-corrected chi connectivity index (χ2v) is 14.4. The predicted octanol–water partition coefficient (Wildman–Crippen LogP) is 12.1. The lowest BCUT2D eigenvalue weighted by molar-refractivity contribution is 0.645. The molecule has 11 rings (SSSR count). The summed E-state index contributed by atoms with van der Waals surface area (Å²) in [5.74, 6) is 1.88. The Bertz CT molecular complexity index is 3100. The summed E-state index contributed by atoms with van der Waals surface area (Å²) in [6.45, 7) is 4.70. The molecule has 0 fully saturated rings. The third-order valence-electron chi connectivity index (χ3n) is 11.2. The molecule has 0 bridgehead atoms. The van der Waals surface area contributed by atoms with Crippen molar-refractivity contribution in [1.82, 2.24) is 19.5 Å². The molecule has 4 nitrogen and oxygen atoms in total. The van der Waals surface area contributed by atoms with Crippen molar-refractivity contribution in [2.24, 2.45) is 0 Å². The molecule has 0 aliphatic heterocycles. The van der Waals surface area contributed by atoms with E-state index in [1.165, 1.54) is 54.6 Å². The Morgan fingerprint density at radius 3 is 1.96 bits per heavy atom. The van der Waals surface area contributed by atoms with Crippen LogP contribution in [0.25, 0.3) is 94.0 Å². The van der Waals surface area contributed by atoms with Crippen LogP contribution in [0, 0.1) is 0 Å².